The van der Waals surface area contributed by atoms with E-state index < -0.39 is 4.92 Å². The quantitative estimate of drug-likeness (QED) is 0.376. The minimum absolute atomic E-state index is 0.00625. The molecule has 0 radical (unpaired) electrons. The summed E-state index contributed by atoms with van der Waals surface area (Å²) in [6.07, 6.45) is 4.84. The van der Waals surface area contributed by atoms with Crippen LogP contribution in [0.4, 0.5) is 5.69 Å². The minimum Gasteiger partial charge on any atom is -0.335 e. The summed E-state index contributed by atoms with van der Waals surface area (Å²) in [6.45, 7) is 1.81. The summed E-state index contributed by atoms with van der Waals surface area (Å²) >= 11 is 6.16. The SMILES string of the molecule is C[C@H](c1cccc([N+](=O)[O-])c1)N(C)C(=O)/C=C/c1c(Cl)nc2ccccn12. The first-order valence-electron chi connectivity index (χ1n) is 8.20. The van der Waals surface area contributed by atoms with Crippen LogP contribution in [0.15, 0.2) is 54.7 Å². The Morgan fingerprint density at radius 1 is 1.33 bits per heavy atom. The van der Waals surface area contributed by atoms with E-state index in [0.717, 1.165) is 0 Å². The monoisotopic (exact) mass is 384 g/mol. The Bertz CT molecular complexity index is 1040. The fourth-order valence-electron chi connectivity index (χ4n) is 2.72. The molecule has 8 heteroatoms. The summed E-state index contributed by atoms with van der Waals surface area (Å²) in [5.41, 5.74) is 1.97. The molecule has 0 aliphatic heterocycles. The number of likely N-dealkylation sites (N-methyl/N-ethyl adjacent to an activating group) is 1. The van der Waals surface area contributed by atoms with Crippen LogP contribution in [0, 0.1) is 10.1 Å². The van der Waals surface area contributed by atoms with Gasteiger partial charge >= 0.3 is 0 Å². The van der Waals surface area contributed by atoms with Gasteiger partial charge in [0.1, 0.15) is 5.65 Å². The van der Waals surface area contributed by atoms with Crippen molar-refractivity contribution in [3.8, 4) is 0 Å². The van der Waals surface area contributed by atoms with Crippen molar-refractivity contribution < 1.29 is 9.72 Å². The first-order valence-corrected chi connectivity index (χ1v) is 8.58. The molecule has 138 valence electrons. The van der Waals surface area contributed by atoms with E-state index in [2.05, 4.69) is 4.98 Å². The molecule has 1 aromatic carbocycles. The lowest BCUT2D eigenvalue weighted by molar-refractivity contribution is -0.384. The Kier molecular flexibility index (Phi) is 5.23. The number of pyridine rings is 1. The van der Waals surface area contributed by atoms with Crippen LogP contribution >= 0.6 is 11.6 Å². The minimum atomic E-state index is -0.454. The largest absolute Gasteiger partial charge is 0.335 e. The number of hydrogen-bond acceptors (Lipinski definition) is 4. The third-order valence-electron chi connectivity index (χ3n) is 4.40. The molecule has 27 heavy (non-hydrogen) atoms. The van der Waals surface area contributed by atoms with Crippen molar-refractivity contribution in [3.05, 3.63) is 81.3 Å². The third kappa shape index (κ3) is 3.83. The molecule has 3 rings (SSSR count). The van der Waals surface area contributed by atoms with Crippen molar-refractivity contribution in [1.29, 1.82) is 0 Å². The van der Waals surface area contributed by atoms with Gasteiger partial charge in [-0.1, -0.05) is 29.8 Å². The van der Waals surface area contributed by atoms with Crippen molar-refractivity contribution in [2.75, 3.05) is 7.05 Å². The second-order valence-electron chi connectivity index (χ2n) is 6.03. The molecule has 2 heterocycles. The highest BCUT2D eigenvalue weighted by Crippen LogP contribution is 2.24. The van der Waals surface area contributed by atoms with Crippen molar-refractivity contribution >= 4 is 34.9 Å². The van der Waals surface area contributed by atoms with Crippen LogP contribution in [-0.2, 0) is 4.79 Å². The highest BCUT2D eigenvalue weighted by molar-refractivity contribution is 6.31. The highest BCUT2D eigenvalue weighted by atomic mass is 35.5. The number of amides is 1. The summed E-state index contributed by atoms with van der Waals surface area (Å²) in [4.78, 5) is 28.8. The Labute approximate surface area is 160 Å². The van der Waals surface area contributed by atoms with E-state index in [9.17, 15) is 14.9 Å². The van der Waals surface area contributed by atoms with E-state index in [-0.39, 0.29) is 17.6 Å². The molecule has 0 saturated carbocycles. The molecule has 3 aromatic rings. The zero-order valence-corrected chi connectivity index (χ0v) is 15.5. The molecule has 0 fully saturated rings. The molecule has 0 N–H and O–H groups in total. The summed E-state index contributed by atoms with van der Waals surface area (Å²) in [7, 11) is 1.65. The molecule has 2 aromatic heterocycles. The maximum absolute atomic E-state index is 12.6. The van der Waals surface area contributed by atoms with Gasteiger partial charge in [0.2, 0.25) is 5.91 Å². The van der Waals surface area contributed by atoms with Gasteiger partial charge in [-0.2, -0.15) is 0 Å². The van der Waals surface area contributed by atoms with Crippen LogP contribution in [0.1, 0.15) is 24.2 Å². The fourth-order valence-corrected chi connectivity index (χ4v) is 2.96. The number of imidazole rings is 1. The number of benzene rings is 1. The second-order valence-corrected chi connectivity index (χ2v) is 6.39. The molecule has 0 aliphatic carbocycles. The zero-order chi connectivity index (χ0) is 19.6. The maximum Gasteiger partial charge on any atom is 0.269 e. The van der Waals surface area contributed by atoms with Gasteiger partial charge < -0.3 is 4.90 Å². The number of nitro groups is 1. The molecular weight excluding hydrogens is 368 g/mol. The van der Waals surface area contributed by atoms with Crippen LogP contribution in [-0.4, -0.2) is 32.2 Å². The van der Waals surface area contributed by atoms with Gasteiger partial charge in [-0.15, -0.1) is 0 Å². The van der Waals surface area contributed by atoms with Crippen LogP contribution in [0.3, 0.4) is 0 Å². The van der Waals surface area contributed by atoms with E-state index in [0.29, 0.717) is 22.1 Å². The summed E-state index contributed by atoms with van der Waals surface area (Å²) in [5, 5.41) is 11.3. The lowest BCUT2D eigenvalue weighted by Crippen LogP contribution is -2.28. The third-order valence-corrected chi connectivity index (χ3v) is 4.68. The predicted octanol–water partition coefficient (Wildman–Crippen LogP) is 4.13. The number of rotatable bonds is 5. The molecule has 1 atom stereocenters. The van der Waals surface area contributed by atoms with E-state index in [1.807, 2.05) is 31.3 Å². The molecule has 0 unspecified atom stereocenters. The number of carbonyl (C=O) groups is 1. The molecule has 0 saturated heterocycles. The summed E-state index contributed by atoms with van der Waals surface area (Å²) < 4.78 is 1.79. The Hall–Kier alpha value is -3.19. The van der Waals surface area contributed by atoms with Gasteiger partial charge in [0.25, 0.3) is 5.69 Å². The number of non-ortho nitro benzene ring substituents is 1. The number of halogens is 1. The van der Waals surface area contributed by atoms with Crippen molar-refractivity contribution in [2.45, 2.75) is 13.0 Å². The van der Waals surface area contributed by atoms with Gasteiger partial charge in [0, 0.05) is 31.5 Å². The van der Waals surface area contributed by atoms with E-state index in [1.54, 1.807) is 29.7 Å². The zero-order valence-electron chi connectivity index (χ0n) is 14.7. The van der Waals surface area contributed by atoms with Crippen LogP contribution in [0.2, 0.25) is 5.15 Å². The number of hydrogen-bond donors (Lipinski definition) is 0. The molecular formula is C19H17ClN4O3. The van der Waals surface area contributed by atoms with Gasteiger partial charge in [0.15, 0.2) is 5.15 Å². The highest BCUT2D eigenvalue weighted by Gasteiger charge is 2.18. The van der Waals surface area contributed by atoms with Crippen molar-refractivity contribution in [3.63, 3.8) is 0 Å². The van der Waals surface area contributed by atoms with Gasteiger partial charge in [-0.3, -0.25) is 19.3 Å². The lowest BCUT2D eigenvalue weighted by atomic mass is 10.1. The van der Waals surface area contributed by atoms with Crippen molar-refractivity contribution in [2.24, 2.45) is 0 Å². The van der Waals surface area contributed by atoms with Gasteiger partial charge in [0.05, 0.1) is 16.7 Å². The van der Waals surface area contributed by atoms with Crippen LogP contribution < -0.4 is 0 Å². The second kappa shape index (κ2) is 7.59. The normalized spacial score (nSPS) is 12.4. The summed E-state index contributed by atoms with van der Waals surface area (Å²) in [5.74, 6) is -0.254. The smallest absolute Gasteiger partial charge is 0.269 e. The Balaban J connectivity index is 1.80. The molecule has 0 aliphatic rings. The predicted molar refractivity (Wildman–Crippen MR) is 104 cm³/mol. The molecule has 1 amide bonds. The Morgan fingerprint density at radius 2 is 2.11 bits per heavy atom. The average molecular weight is 385 g/mol. The number of carbonyl (C=O) groups excluding carboxylic acids is 1. The number of fused-ring (bicyclic) bond motifs is 1. The van der Waals surface area contributed by atoms with E-state index >= 15 is 0 Å². The van der Waals surface area contributed by atoms with Crippen LogP contribution in [0.25, 0.3) is 11.7 Å². The Morgan fingerprint density at radius 3 is 2.85 bits per heavy atom. The average Bonchev–Trinajstić information content (AvgIpc) is 3.00. The number of nitro benzene ring substituents is 1. The van der Waals surface area contributed by atoms with Gasteiger partial charge in [-0.25, -0.2) is 4.98 Å². The number of aromatic nitrogens is 2. The summed E-state index contributed by atoms with van der Waals surface area (Å²) in [6, 6.07) is 11.4. The topological polar surface area (TPSA) is 80.8 Å². The van der Waals surface area contributed by atoms with Crippen LogP contribution in [0.5, 0.6) is 0 Å². The van der Waals surface area contributed by atoms with Crippen molar-refractivity contribution in [1.82, 2.24) is 14.3 Å². The first kappa shape index (κ1) is 18.6. The molecule has 0 spiro atoms. The lowest BCUT2D eigenvalue weighted by Gasteiger charge is -2.24. The molecule has 0 bridgehead atoms. The fraction of sp³-hybridized carbons (Fsp3) is 0.158. The van der Waals surface area contributed by atoms with E-state index in [1.165, 1.54) is 23.1 Å². The van der Waals surface area contributed by atoms with Gasteiger partial charge in [-0.05, 0) is 30.7 Å². The maximum atomic E-state index is 12.6. The standard InChI is InChI=1S/C19H17ClN4O3/c1-13(14-6-5-7-15(12-14)24(26)27)22(2)18(25)10-9-16-19(20)21-17-8-3-4-11-23(16)17/h3-13H,1-2H3/b10-9+/t13-/m1/s1. The first-order chi connectivity index (χ1) is 12.9. The molecule has 7 nitrogen and oxygen atoms in total. The van der Waals surface area contributed by atoms with E-state index in [4.69, 9.17) is 11.6 Å². The number of nitrogens with zero attached hydrogens (tertiary/aromatic N) is 4.